The van der Waals surface area contributed by atoms with Gasteiger partial charge in [-0.2, -0.15) is 0 Å². The lowest BCUT2D eigenvalue weighted by Crippen LogP contribution is -2.57. The van der Waals surface area contributed by atoms with Gasteiger partial charge in [0.25, 0.3) is 0 Å². The lowest BCUT2D eigenvalue weighted by atomic mass is 9.44. The second-order valence-corrected chi connectivity index (χ2v) is 13.1. The molecule has 0 aromatic rings. The molecule has 3 nitrogen and oxygen atoms in total. The summed E-state index contributed by atoms with van der Waals surface area (Å²) in [4.78, 5) is 25.0. The summed E-state index contributed by atoms with van der Waals surface area (Å²) in [5.41, 5.74) is 0.537. The number of carbonyl (C=O) groups excluding carboxylic acids is 2. The van der Waals surface area contributed by atoms with Crippen molar-refractivity contribution in [2.45, 2.75) is 118 Å². The van der Waals surface area contributed by atoms with E-state index in [0.717, 1.165) is 49.4 Å². The van der Waals surface area contributed by atoms with Crippen LogP contribution in [0.15, 0.2) is 0 Å². The Hall–Kier alpha value is -0.860. The first-order valence-electron chi connectivity index (χ1n) is 13.8. The molecule has 0 radical (unpaired) electrons. The van der Waals surface area contributed by atoms with E-state index >= 15 is 0 Å². The van der Waals surface area contributed by atoms with Gasteiger partial charge in [0.05, 0.1) is 0 Å². The topological polar surface area (TPSA) is 43.4 Å². The van der Waals surface area contributed by atoms with Crippen LogP contribution in [0.25, 0.3) is 0 Å². The Bertz CT molecular complexity index is 713. The van der Waals surface area contributed by atoms with Gasteiger partial charge in [-0.25, -0.2) is 0 Å². The van der Waals surface area contributed by atoms with E-state index in [4.69, 9.17) is 4.74 Å². The molecular formula is C29H48O3. The van der Waals surface area contributed by atoms with Crippen molar-refractivity contribution in [2.75, 3.05) is 0 Å². The maximum Gasteiger partial charge on any atom is 0.302 e. The smallest absolute Gasteiger partial charge is 0.302 e. The van der Waals surface area contributed by atoms with Crippen molar-refractivity contribution in [3.8, 4) is 0 Å². The summed E-state index contributed by atoms with van der Waals surface area (Å²) in [5.74, 6) is 4.81. The number of hydrogen-bond acceptors (Lipinski definition) is 3. The molecule has 0 aliphatic heterocycles. The second kappa shape index (κ2) is 9.06. The molecule has 0 aromatic carbocycles. The molecule has 0 spiro atoms. The predicted molar refractivity (Wildman–Crippen MR) is 129 cm³/mol. The first-order chi connectivity index (χ1) is 15.1. The first kappa shape index (κ1) is 24.3. The van der Waals surface area contributed by atoms with Crippen LogP contribution in [0.4, 0.5) is 0 Å². The lowest BCUT2D eigenvalue weighted by molar-refractivity contribution is -0.169. The van der Waals surface area contributed by atoms with Gasteiger partial charge in [-0.3, -0.25) is 9.59 Å². The van der Waals surface area contributed by atoms with Gasteiger partial charge in [0.1, 0.15) is 11.9 Å². The fourth-order valence-corrected chi connectivity index (χ4v) is 9.37. The molecule has 182 valence electrons. The Morgan fingerprint density at radius 1 is 1.00 bits per heavy atom. The van der Waals surface area contributed by atoms with Gasteiger partial charge < -0.3 is 4.74 Å². The van der Waals surface area contributed by atoms with E-state index in [-0.39, 0.29) is 23.4 Å². The van der Waals surface area contributed by atoms with Crippen molar-refractivity contribution in [1.82, 2.24) is 0 Å². The van der Waals surface area contributed by atoms with E-state index < -0.39 is 0 Å². The Kier molecular flexibility index (Phi) is 6.87. The molecule has 4 fully saturated rings. The minimum absolute atomic E-state index is 0.0533. The molecule has 0 saturated heterocycles. The highest BCUT2D eigenvalue weighted by molar-refractivity contribution is 5.83. The Balaban J connectivity index is 1.48. The number of ether oxygens (including phenoxy) is 1. The van der Waals surface area contributed by atoms with Gasteiger partial charge >= 0.3 is 5.97 Å². The molecule has 4 aliphatic carbocycles. The van der Waals surface area contributed by atoms with Crippen LogP contribution in [0.1, 0.15) is 112 Å². The van der Waals surface area contributed by atoms with Gasteiger partial charge in [-0.15, -0.1) is 0 Å². The fraction of sp³-hybridized carbons (Fsp3) is 0.931. The average Bonchev–Trinajstić information content (AvgIpc) is 3.06. The molecule has 0 unspecified atom stereocenters. The van der Waals surface area contributed by atoms with Crippen molar-refractivity contribution < 1.29 is 14.3 Å². The van der Waals surface area contributed by atoms with E-state index in [1.54, 1.807) is 0 Å². The van der Waals surface area contributed by atoms with Crippen molar-refractivity contribution in [2.24, 2.45) is 52.3 Å². The Morgan fingerprint density at radius 3 is 2.38 bits per heavy atom. The number of hydrogen-bond donors (Lipinski definition) is 0. The highest BCUT2D eigenvalue weighted by atomic mass is 16.5. The summed E-state index contributed by atoms with van der Waals surface area (Å²) in [7, 11) is 0. The number of Topliss-reactive ketones (excluding diaryl/α,β-unsaturated/α-hetero) is 1. The second-order valence-electron chi connectivity index (χ2n) is 13.1. The van der Waals surface area contributed by atoms with Crippen LogP contribution >= 0.6 is 0 Å². The maximum absolute atomic E-state index is 13.5. The zero-order valence-electron chi connectivity index (χ0n) is 21.6. The Labute approximate surface area is 196 Å². The quantitative estimate of drug-likeness (QED) is 0.406. The van der Waals surface area contributed by atoms with Gasteiger partial charge in [0.15, 0.2) is 0 Å². The number of carbonyl (C=O) groups is 2. The summed E-state index contributed by atoms with van der Waals surface area (Å²) >= 11 is 0. The molecule has 0 amide bonds. The standard InChI is InChI=1S/C29H48O3/c1-18(2)8-7-9-19(3)23-10-11-24-22-17-27(31)26-16-21(32-20(4)30)12-14-29(26,6)25(22)13-15-28(23,24)5/h18-19,21-26H,7-17H2,1-6H3/t19-,21+,22+,23-,24+,25+,26-,28-,29-/m1/s1. The lowest BCUT2D eigenvalue weighted by Gasteiger charge is -2.60. The molecule has 0 bridgehead atoms. The minimum Gasteiger partial charge on any atom is -0.463 e. The molecule has 0 aromatic heterocycles. The van der Waals surface area contributed by atoms with Crippen LogP contribution in [0, 0.1) is 52.3 Å². The molecule has 0 heterocycles. The van der Waals surface area contributed by atoms with Crippen LogP contribution in [0.3, 0.4) is 0 Å². The molecule has 32 heavy (non-hydrogen) atoms. The molecule has 3 heteroatoms. The van der Waals surface area contributed by atoms with E-state index in [1.807, 2.05) is 0 Å². The highest BCUT2D eigenvalue weighted by Gasteiger charge is 2.62. The highest BCUT2D eigenvalue weighted by Crippen LogP contribution is 2.68. The zero-order valence-corrected chi connectivity index (χ0v) is 21.6. The van der Waals surface area contributed by atoms with Crippen LogP contribution in [0.2, 0.25) is 0 Å². The molecule has 4 saturated carbocycles. The summed E-state index contributed by atoms with van der Waals surface area (Å²) in [6, 6.07) is 0. The zero-order chi connectivity index (χ0) is 23.3. The molecular weight excluding hydrogens is 396 g/mol. The molecule has 4 aliphatic rings. The SMILES string of the molecule is CC(=O)O[C@H]1CC[C@@]2(C)[C@H](C1)C(=O)C[C@@H]1[C@@H]2CC[C@]2(C)[C@@H]([C@H](C)CCCC(C)C)CC[C@@H]12. The minimum atomic E-state index is -0.201. The fourth-order valence-electron chi connectivity index (χ4n) is 9.37. The first-order valence-corrected chi connectivity index (χ1v) is 13.8. The van der Waals surface area contributed by atoms with Gasteiger partial charge in [0.2, 0.25) is 0 Å². The summed E-state index contributed by atoms with van der Waals surface area (Å²) in [6.45, 7) is 13.7. The van der Waals surface area contributed by atoms with E-state index in [1.165, 1.54) is 51.9 Å². The molecule has 0 N–H and O–H groups in total. The van der Waals surface area contributed by atoms with Crippen LogP contribution in [0.5, 0.6) is 0 Å². The summed E-state index contributed by atoms with van der Waals surface area (Å²) in [6.07, 6.45) is 12.9. The van der Waals surface area contributed by atoms with Crippen LogP contribution in [-0.4, -0.2) is 17.9 Å². The Morgan fingerprint density at radius 2 is 1.69 bits per heavy atom. The van der Waals surface area contributed by atoms with Crippen molar-refractivity contribution in [1.29, 1.82) is 0 Å². The van der Waals surface area contributed by atoms with Crippen LogP contribution in [-0.2, 0) is 14.3 Å². The summed E-state index contributed by atoms with van der Waals surface area (Å²) < 4.78 is 5.55. The predicted octanol–water partition coefficient (Wildman–Crippen LogP) is 7.22. The van der Waals surface area contributed by atoms with Crippen LogP contribution < -0.4 is 0 Å². The largest absolute Gasteiger partial charge is 0.463 e. The van der Waals surface area contributed by atoms with Gasteiger partial charge in [-0.05, 0) is 91.3 Å². The number of ketones is 1. The third-order valence-corrected chi connectivity index (χ3v) is 10.9. The maximum atomic E-state index is 13.5. The molecule has 4 rings (SSSR count). The summed E-state index contributed by atoms with van der Waals surface area (Å²) in [5, 5.41) is 0. The number of esters is 1. The van der Waals surface area contributed by atoms with Crippen molar-refractivity contribution in [3.05, 3.63) is 0 Å². The third-order valence-electron chi connectivity index (χ3n) is 10.9. The average molecular weight is 445 g/mol. The number of fused-ring (bicyclic) bond motifs is 5. The van der Waals surface area contributed by atoms with Gasteiger partial charge in [-0.1, -0.05) is 53.9 Å². The van der Waals surface area contributed by atoms with E-state index in [0.29, 0.717) is 23.0 Å². The van der Waals surface area contributed by atoms with E-state index in [2.05, 4.69) is 34.6 Å². The monoisotopic (exact) mass is 444 g/mol. The molecule has 9 atom stereocenters. The number of rotatable bonds is 6. The normalized spacial score (nSPS) is 44.5. The third kappa shape index (κ3) is 4.20. The van der Waals surface area contributed by atoms with Crippen molar-refractivity contribution in [3.63, 3.8) is 0 Å². The van der Waals surface area contributed by atoms with E-state index in [9.17, 15) is 9.59 Å². The van der Waals surface area contributed by atoms with Crippen molar-refractivity contribution >= 4 is 11.8 Å². The van der Waals surface area contributed by atoms with Gasteiger partial charge in [0, 0.05) is 19.3 Å².